The molecule has 0 radical (unpaired) electrons. The lowest BCUT2D eigenvalue weighted by Crippen LogP contribution is -2.04. The van der Waals surface area contributed by atoms with Crippen LogP contribution in [-0.2, 0) is 4.79 Å². The number of unbranched alkanes of at least 4 members (excludes halogenated alkanes) is 2. The fourth-order valence-corrected chi connectivity index (χ4v) is 1.10. The van der Waals surface area contributed by atoms with Crippen molar-refractivity contribution in [3.63, 3.8) is 0 Å². The third-order valence-electron chi connectivity index (χ3n) is 1.31. The Morgan fingerprint density at radius 1 is 1.45 bits per heavy atom. The third-order valence-corrected chi connectivity index (χ3v) is 1.81. The summed E-state index contributed by atoms with van der Waals surface area (Å²) in [6.07, 6.45) is 5.15. The van der Waals surface area contributed by atoms with Gasteiger partial charge in [-0.2, -0.15) is 0 Å². The molecule has 0 rings (SSSR count). The highest BCUT2D eigenvalue weighted by atomic mass is 32.2. The van der Waals surface area contributed by atoms with E-state index in [9.17, 15) is 4.79 Å². The Morgan fingerprint density at radius 2 is 2.18 bits per heavy atom. The van der Waals surface area contributed by atoms with Crippen LogP contribution < -0.4 is 4.72 Å². The molecule has 0 aliphatic rings. The summed E-state index contributed by atoms with van der Waals surface area (Å²) in [5.41, 5.74) is 0. The molecule has 0 saturated heterocycles. The highest BCUT2D eigenvalue weighted by Crippen LogP contribution is 1.99. The maximum absolute atomic E-state index is 10.1. The molecule has 11 heavy (non-hydrogen) atoms. The smallest absolute Gasteiger partial charge is 0.303 e. The van der Waals surface area contributed by atoms with Crippen LogP contribution in [0.1, 0.15) is 25.7 Å². The number of carboxylic acids is 1. The first-order valence-corrected chi connectivity index (χ1v) is 4.97. The number of aliphatic carboxylic acids is 1. The molecule has 0 amide bonds. The standard InChI is InChI=1S/C7H15NO2S/c1-11-8-6-4-2-3-5-7(9)10/h8H,2-6H2,1H3,(H,9,10). The van der Waals surface area contributed by atoms with E-state index < -0.39 is 5.97 Å². The van der Waals surface area contributed by atoms with Gasteiger partial charge in [-0.05, 0) is 19.1 Å². The van der Waals surface area contributed by atoms with Crippen LogP contribution in [0.2, 0.25) is 0 Å². The van der Waals surface area contributed by atoms with Crippen LogP contribution in [0, 0.1) is 0 Å². The molecule has 66 valence electrons. The molecule has 0 spiro atoms. The normalized spacial score (nSPS) is 9.91. The van der Waals surface area contributed by atoms with Gasteiger partial charge < -0.3 is 5.11 Å². The van der Waals surface area contributed by atoms with E-state index in [0.29, 0.717) is 6.42 Å². The van der Waals surface area contributed by atoms with Crippen LogP contribution in [0.25, 0.3) is 0 Å². The van der Waals surface area contributed by atoms with Crippen LogP contribution in [0.3, 0.4) is 0 Å². The third kappa shape index (κ3) is 9.78. The minimum Gasteiger partial charge on any atom is -0.481 e. The van der Waals surface area contributed by atoms with Crippen LogP contribution in [0.4, 0.5) is 0 Å². The summed E-state index contributed by atoms with van der Waals surface area (Å²) in [6.45, 7) is 0.973. The number of hydrogen-bond donors (Lipinski definition) is 2. The first kappa shape index (κ1) is 10.8. The van der Waals surface area contributed by atoms with Gasteiger partial charge in [0.25, 0.3) is 0 Å². The van der Waals surface area contributed by atoms with E-state index in [-0.39, 0.29) is 0 Å². The van der Waals surface area contributed by atoms with Crippen molar-refractivity contribution in [3.05, 3.63) is 0 Å². The van der Waals surface area contributed by atoms with E-state index in [1.165, 1.54) is 0 Å². The van der Waals surface area contributed by atoms with Gasteiger partial charge in [0.05, 0.1) is 0 Å². The molecule has 0 aromatic heterocycles. The van der Waals surface area contributed by atoms with E-state index in [0.717, 1.165) is 25.8 Å². The number of carbonyl (C=O) groups is 1. The van der Waals surface area contributed by atoms with E-state index in [2.05, 4.69) is 4.72 Å². The first-order chi connectivity index (χ1) is 5.27. The topological polar surface area (TPSA) is 49.3 Å². The summed E-state index contributed by atoms with van der Waals surface area (Å²) in [5.74, 6) is -0.692. The molecular formula is C7H15NO2S. The second-order valence-corrected chi connectivity index (χ2v) is 3.00. The predicted octanol–water partition coefficient (Wildman–Crippen LogP) is 1.50. The average molecular weight is 177 g/mol. The van der Waals surface area contributed by atoms with Gasteiger partial charge in [0.2, 0.25) is 0 Å². The van der Waals surface area contributed by atoms with Crippen molar-refractivity contribution in [2.45, 2.75) is 25.7 Å². The molecule has 3 nitrogen and oxygen atoms in total. The Labute approximate surface area is 71.7 Å². The minimum atomic E-state index is -0.692. The summed E-state index contributed by atoms with van der Waals surface area (Å²) < 4.78 is 3.11. The molecule has 4 heteroatoms. The van der Waals surface area contributed by atoms with E-state index in [4.69, 9.17) is 5.11 Å². The van der Waals surface area contributed by atoms with Crippen molar-refractivity contribution >= 4 is 17.9 Å². The van der Waals surface area contributed by atoms with Gasteiger partial charge in [-0.3, -0.25) is 9.52 Å². The van der Waals surface area contributed by atoms with Gasteiger partial charge in [-0.1, -0.05) is 18.4 Å². The second kappa shape index (κ2) is 7.88. The molecule has 0 aromatic rings. The molecule has 2 N–H and O–H groups in total. The van der Waals surface area contributed by atoms with E-state index in [1.807, 2.05) is 6.26 Å². The van der Waals surface area contributed by atoms with Gasteiger partial charge in [0.1, 0.15) is 0 Å². The lowest BCUT2D eigenvalue weighted by atomic mass is 10.2. The zero-order valence-corrected chi connectivity index (χ0v) is 7.62. The summed E-state index contributed by atoms with van der Waals surface area (Å²) in [5, 5.41) is 8.30. The maximum Gasteiger partial charge on any atom is 0.303 e. The molecule has 0 unspecified atom stereocenters. The van der Waals surface area contributed by atoms with Crippen molar-refractivity contribution in [2.24, 2.45) is 0 Å². The fraction of sp³-hybridized carbons (Fsp3) is 0.857. The summed E-state index contributed by atoms with van der Waals surface area (Å²) in [6, 6.07) is 0. The molecule has 0 saturated carbocycles. The van der Waals surface area contributed by atoms with Crippen molar-refractivity contribution in [1.29, 1.82) is 0 Å². The van der Waals surface area contributed by atoms with Crippen molar-refractivity contribution in [1.82, 2.24) is 4.72 Å². The lowest BCUT2D eigenvalue weighted by molar-refractivity contribution is -0.137. The predicted molar refractivity (Wildman–Crippen MR) is 47.6 cm³/mol. The summed E-state index contributed by atoms with van der Waals surface area (Å²) >= 11 is 1.60. The Balaban J connectivity index is 2.85. The number of hydrogen-bond acceptors (Lipinski definition) is 3. The van der Waals surface area contributed by atoms with Gasteiger partial charge in [-0.15, -0.1) is 0 Å². The Morgan fingerprint density at radius 3 is 2.73 bits per heavy atom. The van der Waals surface area contributed by atoms with E-state index in [1.54, 1.807) is 11.9 Å². The Bertz CT molecular complexity index is 109. The quantitative estimate of drug-likeness (QED) is 0.457. The average Bonchev–Trinajstić information content (AvgIpc) is 1.96. The zero-order valence-electron chi connectivity index (χ0n) is 6.80. The largest absolute Gasteiger partial charge is 0.481 e. The first-order valence-electron chi connectivity index (χ1n) is 3.75. The molecule has 0 aliphatic carbocycles. The lowest BCUT2D eigenvalue weighted by Gasteiger charge is -1.98. The zero-order chi connectivity index (χ0) is 8.53. The molecule has 0 bridgehead atoms. The SMILES string of the molecule is CSNCCCCCC(=O)O. The minimum absolute atomic E-state index is 0.305. The Hall–Kier alpha value is -0.220. The molecular weight excluding hydrogens is 162 g/mol. The van der Waals surface area contributed by atoms with Gasteiger partial charge in [0, 0.05) is 13.0 Å². The molecule has 0 heterocycles. The molecule has 0 aliphatic heterocycles. The van der Waals surface area contributed by atoms with Gasteiger partial charge in [-0.25, -0.2) is 0 Å². The number of nitrogens with one attached hydrogen (secondary N) is 1. The van der Waals surface area contributed by atoms with Crippen molar-refractivity contribution in [2.75, 3.05) is 12.8 Å². The fourth-order valence-electron chi connectivity index (χ4n) is 0.752. The van der Waals surface area contributed by atoms with E-state index >= 15 is 0 Å². The van der Waals surface area contributed by atoms with Crippen LogP contribution in [-0.4, -0.2) is 23.9 Å². The van der Waals surface area contributed by atoms with Crippen LogP contribution in [0.5, 0.6) is 0 Å². The van der Waals surface area contributed by atoms with Crippen molar-refractivity contribution in [3.8, 4) is 0 Å². The molecule has 0 fully saturated rings. The monoisotopic (exact) mass is 177 g/mol. The number of rotatable bonds is 7. The Kier molecular flexibility index (Phi) is 7.72. The molecule has 0 atom stereocenters. The number of carboxylic acid groups (broad SMARTS) is 1. The van der Waals surface area contributed by atoms with Crippen LogP contribution >= 0.6 is 11.9 Å². The van der Waals surface area contributed by atoms with Gasteiger partial charge in [0.15, 0.2) is 0 Å². The summed E-state index contributed by atoms with van der Waals surface area (Å²) in [4.78, 5) is 10.1. The van der Waals surface area contributed by atoms with Crippen molar-refractivity contribution < 1.29 is 9.90 Å². The van der Waals surface area contributed by atoms with Gasteiger partial charge >= 0.3 is 5.97 Å². The highest BCUT2D eigenvalue weighted by Gasteiger charge is 1.95. The maximum atomic E-state index is 10.1. The highest BCUT2D eigenvalue weighted by molar-refractivity contribution is 7.96. The second-order valence-electron chi connectivity index (χ2n) is 2.30. The van der Waals surface area contributed by atoms with Crippen LogP contribution in [0.15, 0.2) is 0 Å². The summed E-state index contributed by atoms with van der Waals surface area (Å²) in [7, 11) is 0. The molecule has 0 aromatic carbocycles.